The Labute approximate surface area is 130 Å². The molecule has 4 heteroatoms. The minimum absolute atomic E-state index is 0.484. The highest BCUT2D eigenvalue weighted by molar-refractivity contribution is 6.30. The Kier molecular flexibility index (Phi) is 5.90. The summed E-state index contributed by atoms with van der Waals surface area (Å²) < 4.78 is 11.2. The van der Waals surface area contributed by atoms with E-state index in [0.29, 0.717) is 6.61 Å². The maximum atomic E-state index is 5.88. The molecule has 0 amide bonds. The van der Waals surface area contributed by atoms with E-state index in [-0.39, 0.29) is 0 Å². The molecule has 1 N–H and O–H groups in total. The zero-order valence-corrected chi connectivity index (χ0v) is 13.1. The van der Waals surface area contributed by atoms with Gasteiger partial charge in [-0.05, 0) is 41.9 Å². The van der Waals surface area contributed by atoms with Gasteiger partial charge in [0, 0.05) is 11.6 Å². The Morgan fingerprint density at radius 1 is 1.00 bits per heavy atom. The van der Waals surface area contributed by atoms with E-state index in [0.717, 1.165) is 35.2 Å². The molecule has 0 fully saturated rings. The van der Waals surface area contributed by atoms with Crippen molar-refractivity contribution in [1.29, 1.82) is 0 Å². The minimum Gasteiger partial charge on any atom is -0.493 e. The van der Waals surface area contributed by atoms with Gasteiger partial charge in [0.2, 0.25) is 0 Å². The minimum atomic E-state index is 0.484. The van der Waals surface area contributed by atoms with Crippen LogP contribution in [0.25, 0.3) is 0 Å². The third-order valence-corrected chi connectivity index (χ3v) is 3.37. The summed E-state index contributed by atoms with van der Waals surface area (Å²) in [5.41, 5.74) is 2.24. The first-order valence-electron chi connectivity index (χ1n) is 6.97. The summed E-state index contributed by atoms with van der Waals surface area (Å²) in [6.07, 6.45) is 0. The second kappa shape index (κ2) is 7.91. The molecule has 0 saturated carbocycles. The van der Waals surface area contributed by atoms with Crippen LogP contribution in [0.4, 0.5) is 0 Å². The normalized spacial score (nSPS) is 10.4. The summed E-state index contributed by atoms with van der Waals surface area (Å²) in [5.74, 6) is 1.49. The van der Waals surface area contributed by atoms with Crippen LogP contribution in [-0.4, -0.2) is 13.7 Å². The molecule has 112 valence electrons. The summed E-state index contributed by atoms with van der Waals surface area (Å²) in [4.78, 5) is 0. The number of halogens is 1. The van der Waals surface area contributed by atoms with Crippen molar-refractivity contribution in [3.63, 3.8) is 0 Å². The van der Waals surface area contributed by atoms with Gasteiger partial charge in [0.05, 0.1) is 7.11 Å². The van der Waals surface area contributed by atoms with Crippen molar-refractivity contribution in [2.45, 2.75) is 20.1 Å². The van der Waals surface area contributed by atoms with Crippen LogP contribution in [0.3, 0.4) is 0 Å². The van der Waals surface area contributed by atoms with Crippen molar-refractivity contribution in [2.24, 2.45) is 0 Å². The van der Waals surface area contributed by atoms with Crippen LogP contribution in [0.1, 0.15) is 18.1 Å². The monoisotopic (exact) mass is 305 g/mol. The molecule has 0 aliphatic carbocycles. The van der Waals surface area contributed by atoms with Crippen LogP contribution < -0.4 is 14.8 Å². The molecule has 2 rings (SSSR count). The number of methoxy groups -OCH3 is 1. The first-order chi connectivity index (χ1) is 10.2. The van der Waals surface area contributed by atoms with Crippen molar-refractivity contribution in [3.05, 3.63) is 58.6 Å². The maximum Gasteiger partial charge on any atom is 0.161 e. The molecule has 0 bridgehead atoms. The van der Waals surface area contributed by atoms with Crippen LogP contribution >= 0.6 is 11.6 Å². The van der Waals surface area contributed by atoms with E-state index < -0.39 is 0 Å². The third-order valence-electron chi connectivity index (χ3n) is 3.11. The highest BCUT2D eigenvalue weighted by atomic mass is 35.5. The van der Waals surface area contributed by atoms with Crippen molar-refractivity contribution >= 4 is 11.6 Å². The van der Waals surface area contributed by atoms with Crippen LogP contribution in [0.15, 0.2) is 42.5 Å². The average molecular weight is 306 g/mol. The van der Waals surface area contributed by atoms with Crippen LogP contribution in [0, 0.1) is 0 Å². The summed E-state index contributed by atoms with van der Waals surface area (Å²) in [7, 11) is 1.65. The molecule has 0 aromatic heterocycles. The second-order valence-corrected chi connectivity index (χ2v) is 5.12. The first kappa shape index (κ1) is 15.7. The SMILES string of the molecule is CCNCc1ccc(OC)c(OCc2ccc(Cl)cc2)c1. The van der Waals surface area contributed by atoms with Crippen LogP contribution in [-0.2, 0) is 13.2 Å². The summed E-state index contributed by atoms with van der Waals surface area (Å²) in [6.45, 7) is 4.32. The van der Waals surface area contributed by atoms with Gasteiger partial charge < -0.3 is 14.8 Å². The lowest BCUT2D eigenvalue weighted by Gasteiger charge is -2.13. The van der Waals surface area contributed by atoms with Crippen molar-refractivity contribution in [3.8, 4) is 11.5 Å². The quantitative estimate of drug-likeness (QED) is 0.837. The second-order valence-electron chi connectivity index (χ2n) is 4.68. The van der Waals surface area contributed by atoms with Gasteiger partial charge in [0.15, 0.2) is 11.5 Å². The fourth-order valence-electron chi connectivity index (χ4n) is 1.95. The molecule has 0 atom stereocenters. The van der Waals surface area contributed by atoms with Gasteiger partial charge in [-0.3, -0.25) is 0 Å². The van der Waals surface area contributed by atoms with Gasteiger partial charge in [-0.15, -0.1) is 0 Å². The van der Waals surface area contributed by atoms with E-state index in [2.05, 4.69) is 12.2 Å². The molecule has 0 unspecified atom stereocenters. The zero-order chi connectivity index (χ0) is 15.1. The summed E-state index contributed by atoms with van der Waals surface area (Å²) >= 11 is 5.88. The Morgan fingerprint density at radius 3 is 2.38 bits per heavy atom. The largest absolute Gasteiger partial charge is 0.493 e. The van der Waals surface area contributed by atoms with Gasteiger partial charge in [-0.1, -0.05) is 36.7 Å². The van der Waals surface area contributed by atoms with Crippen LogP contribution in [0.2, 0.25) is 5.02 Å². The van der Waals surface area contributed by atoms with Gasteiger partial charge in [-0.25, -0.2) is 0 Å². The number of rotatable bonds is 7. The summed E-state index contributed by atoms with van der Waals surface area (Å²) in [5, 5.41) is 4.02. The molecule has 2 aromatic rings. The standard InChI is InChI=1S/C17H20ClNO2/c1-3-19-11-14-6-9-16(20-2)17(10-14)21-12-13-4-7-15(18)8-5-13/h4-10,19H,3,11-12H2,1-2H3. The van der Waals surface area contributed by atoms with E-state index in [1.54, 1.807) is 7.11 Å². The van der Waals surface area contributed by atoms with Gasteiger partial charge in [0.25, 0.3) is 0 Å². The summed E-state index contributed by atoms with van der Waals surface area (Å²) in [6, 6.07) is 13.6. The highest BCUT2D eigenvalue weighted by Gasteiger charge is 2.06. The topological polar surface area (TPSA) is 30.5 Å². The Morgan fingerprint density at radius 2 is 1.71 bits per heavy atom. The smallest absolute Gasteiger partial charge is 0.161 e. The number of benzene rings is 2. The predicted molar refractivity (Wildman–Crippen MR) is 86.2 cm³/mol. The number of hydrogen-bond acceptors (Lipinski definition) is 3. The fraction of sp³-hybridized carbons (Fsp3) is 0.294. The molecule has 0 radical (unpaired) electrons. The molecule has 21 heavy (non-hydrogen) atoms. The number of ether oxygens (including phenoxy) is 2. The molecule has 0 heterocycles. The maximum absolute atomic E-state index is 5.88. The van der Waals surface area contributed by atoms with Crippen molar-refractivity contribution in [1.82, 2.24) is 5.32 Å². The molecule has 0 aliphatic heterocycles. The zero-order valence-electron chi connectivity index (χ0n) is 12.4. The average Bonchev–Trinajstić information content (AvgIpc) is 2.52. The lowest BCUT2D eigenvalue weighted by atomic mass is 10.2. The molecule has 2 aromatic carbocycles. The van der Waals surface area contributed by atoms with E-state index in [4.69, 9.17) is 21.1 Å². The number of hydrogen-bond donors (Lipinski definition) is 1. The lowest BCUT2D eigenvalue weighted by molar-refractivity contribution is 0.284. The molecule has 0 saturated heterocycles. The van der Waals surface area contributed by atoms with Gasteiger partial charge in [0.1, 0.15) is 6.61 Å². The van der Waals surface area contributed by atoms with Crippen molar-refractivity contribution in [2.75, 3.05) is 13.7 Å². The van der Waals surface area contributed by atoms with Gasteiger partial charge >= 0.3 is 0 Å². The molecule has 3 nitrogen and oxygen atoms in total. The third kappa shape index (κ3) is 4.66. The van der Waals surface area contributed by atoms with E-state index >= 15 is 0 Å². The highest BCUT2D eigenvalue weighted by Crippen LogP contribution is 2.29. The van der Waals surface area contributed by atoms with Crippen LogP contribution in [0.5, 0.6) is 11.5 Å². The predicted octanol–water partition coefficient (Wildman–Crippen LogP) is 4.04. The molecule has 0 aliphatic rings. The Hall–Kier alpha value is -1.71. The molecule has 0 spiro atoms. The van der Waals surface area contributed by atoms with Gasteiger partial charge in [-0.2, -0.15) is 0 Å². The first-order valence-corrected chi connectivity index (χ1v) is 7.35. The van der Waals surface area contributed by atoms with Crippen molar-refractivity contribution < 1.29 is 9.47 Å². The van der Waals surface area contributed by atoms with E-state index in [1.165, 1.54) is 5.56 Å². The Balaban J connectivity index is 2.07. The number of nitrogens with one attached hydrogen (secondary N) is 1. The Bertz CT molecular complexity index is 570. The van der Waals surface area contributed by atoms with E-state index in [9.17, 15) is 0 Å². The van der Waals surface area contributed by atoms with E-state index in [1.807, 2.05) is 42.5 Å². The molecular weight excluding hydrogens is 286 g/mol. The fourth-order valence-corrected chi connectivity index (χ4v) is 2.08. The molecular formula is C17H20ClNO2. The lowest BCUT2D eigenvalue weighted by Crippen LogP contribution is -2.11.